The van der Waals surface area contributed by atoms with Crippen LogP contribution in [0.5, 0.6) is 0 Å². The number of rotatable bonds is 1. The third-order valence-corrected chi connectivity index (χ3v) is 1.65. The molecule has 70 valence electrons. The maximum atomic E-state index is 11.3. The van der Waals surface area contributed by atoms with Gasteiger partial charge in [0.2, 0.25) is 0 Å². The molecule has 0 bridgehead atoms. The Labute approximate surface area is 73.2 Å². The molecule has 1 aromatic rings. The van der Waals surface area contributed by atoms with Gasteiger partial charge in [-0.25, -0.2) is 4.79 Å². The lowest BCUT2D eigenvalue weighted by atomic mass is 10.3. The molecule has 2 N–H and O–H groups in total. The molecule has 0 radical (unpaired) electrons. The van der Waals surface area contributed by atoms with Crippen molar-refractivity contribution in [2.24, 2.45) is 7.05 Å². The fourth-order valence-electron chi connectivity index (χ4n) is 0.863. The van der Waals surface area contributed by atoms with E-state index in [2.05, 4.69) is 10.3 Å². The SMILES string of the molecule is CNC(=O)c1c[nH]c(=O)n(C)c1=O. The standard InChI is InChI=1S/C7H9N3O3/c1-8-5(11)4-3-9-7(13)10(2)6(4)12/h3H,1-2H3,(H,8,11)(H,9,13). The molecule has 0 saturated carbocycles. The van der Waals surface area contributed by atoms with Gasteiger partial charge in [-0.1, -0.05) is 0 Å². The molecular formula is C7H9N3O3. The van der Waals surface area contributed by atoms with Gasteiger partial charge in [0.05, 0.1) is 0 Å². The van der Waals surface area contributed by atoms with Gasteiger partial charge in [0, 0.05) is 20.3 Å². The van der Waals surface area contributed by atoms with Crippen molar-refractivity contribution >= 4 is 5.91 Å². The van der Waals surface area contributed by atoms with Crippen molar-refractivity contribution in [3.8, 4) is 0 Å². The summed E-state index contributed by atoms with van der Waals surface area (Å²) >= 11 is 0. The number of nitrogens with zero attached hydrogens (tertiary/aromatic N) is 1. The highest BCUT2D eigenvalue weighted by Gasteiger charge is 2.10. The monoisotopic (exact) mass is 183 g/mol. The second-order valence-electron chi connectivity index (χ2n) is 2.45. The second kappa shape index (κ2) is 3.26. The molecule has 0 spiro atoms. The Morgan fingerprint density at radius 3 is 2.69 bits per heavy atom. The summed E-state index contributed by atoms with van der Waals surface area (Å²) in [5, 5.41) is 2.29. The van der Waals surface area contributed by atoms with E-state index in [9.17, 15) is 14.4 Å². The van der Waals surface area contributed by atoms with Crippen LogP contribution in [-0.4, -0.2) is 22.5 Å². The Hall–Kier alpha value is -1.85. The van der Waals surface area contributed by atoms with Crippen LogP contribution < -0.4 is 16.6 Å². The quantitative estimate of drug-likeness (QED) is 0.552. The number of hydrogen-bond acceptors (Lipinski definition) is 3. The molecule has 6 nitrogen and oxygen atoms in total. The maximum Gasteiger partial charge on any atom is 0.328 e. The molecule has 0 aliphatic heterocycles. The number of H-pyrrole nitrogens is 1. The smallest absolute Gasteiger partial charge is 0.328 e. The Kier molecular flexibility index (Phi) is 2.32. The molecule has 1 aromatic heterocycles. The molecule has 13 heavy (non-hydrogen) atoms. The zero-order valence-corrected chi connectivity index (χ0v) is 7.25. The number of aromatic nitrogens is 2. The van der Waals surface area contributed by atoms with Gasteiger partial charge in [-0.3, -0.25) is 14.2 Å². The topological polar surface area (TPSA) is 84.0 Å². The van der Waals surface area contributed by atoms with Crippen LogP contribution in [0.2, 0.25) is 0 Å². The molecule has 0 saturated heterocycles. The van der Waals surface area contributed by atoms with E-state index in [1.54, 1.807) is 0 Å². The van der Waals surface area contributed by atoms with Crippen molar-refractivity contribution in [2.75, 3.05) is 7.05 Å². The van der Waals surface area contributed by atoms with E-state index < -0.39 is 17.2 Å². The van der Waals surface area contributed by atoms with Crippen molar-refractivity contribution in [3.05, 3.63) is 32.6 Å². The predicted octanol–water partition coefficient (Wildman–Crippen LogP) is -1.57. The zero-order valence-electron chi connectivity index (χ0n) is 7.25. The van der Waals surface area contributed by atoms with Crippen molar-refractivity contribution in [1.82, 2.24) is 14.9 Å². The Balaban J connectivity index is 3.44. The summed E-state index contributed by atoms with van der Waals surface area (Å²) in [7, 11) is 2.71. The van der Waals surface area contributed by atoms with Crippen LogP contribution in [0, 0.1) is 0 Å². The number of nitrogens with one attached hydrogen (secondary N) is 2. The normalized spacial score (nSPS) is 9.69. The lowest BCUT2D eigenvalue weighted by molar-refractivity contribution is 0.0960. The number of carbonyl (C=O) groups excluding carboxylic acids is 1. The third-order valence-electron chi connectivity index (χ3n) is 1.65. The van der Waals surface area contributed by atoms with Gasteiger partial charge in [-0.2, -0.15) is 0 Å². The van der Waals surface area contributed by atoms with Gasteiger partial charge in [0.25, 0.3) is 11.5 Å². The lowest BCUT2D eigenvalue weighted by Gasteiger charge is -1.99. The minimum absolute atomic E-state index is 0.0791. The first-order chi connectivity index (χ1) is 6.07. The van der Waals surface area contributed by atoms with E-state index in [1.807, 2.05) is 0 Å². The van der Waals surface area contributed by atoms with Gasteiger partial charge in [-0.05, 0) is 0 Å². The number of amides is 1. The summed E-state index contributed by atoms with van der Waals surface area (Å²) in [6, 6.07) is 0. The van der Waals surface area contributed by atoms with Gasteiger partial charge in [0.15, 0.2) is 0 Å². The van der Waals surface area contributed by atoms with Crippen molar-refractivity contribution in [2.45, 2.75) is 0 Å². The molecule has 1 rings (SSSR count). The highest BCUT2D eigenvalue weighted by Crippen LogP contribution is 1.83. The van der Waals surface area contributed by atoms with Crippen LogP contribution in [0.3, 0.4) is 0 Å². The molecule has 0 fully saturated rings. The summed E-state index contributed by atoms with van der Waals surface area (Å²) in [6.45, 7) is 0. The molecule has 0 atom stereocenters. The maximum absolute atomic E-state index is 11.3. The van der Waals surface area contributed by atoms with Crippen LogP contribution in [0.15, 0.2) is 15.8 Å². The zero-order chi connectivity index (χ0) is 10.0. The van der Waals surface area contributed by atoms with Crippen LogP contribution >= 0.6 is 0 Å². The number of carbonyl (C=O) groups is 1. The Bertz CT molecular complexity index is 443. The van der Waals surface area contributed by atoms with E-state index in [-0.39, 0.29) is 5.56 Å². The van der Waals surface area contributed by atoms with Crippen LogP contribution in [0.1, 0.15) is 10.4 Å². The fraction of sp³-hybridized carbons (Fsp3) is 0.286. The molecule has 1 amide bonds. The second-order valence-corrected chi connectivity index (χ2v) is 2.45. The van der Waals surface area contributed by atoms with Crippen molar-refractivity contribution in [1.29, 1.82) is 0 Å². The number of aromatic amines is 1. The molecule has 0 aromatic carbocycles. The largest absolute Gasteiger partial charge is 0.355 e. The highest BCUT2D eigenvalue weighted by molar-refractivity contribution is 5.93. The molecule has 0 aliphatic rings. The van der Waals surface area contributed by atoms with Crippen molar-refractivity contribution in [3.63, 3.8) is 0 Å². The van der Waals surface area contributed by atoms with Crippen LogP contribution in [0.4, 0.5) is 0 Å². The molecular weight excluding hydrogens is 174 g/mol. The van der Waals surface area contributed by atoms with Gasteiger partial charge in [-0.15, -0.1) is 0 Å². The minimum Gasteiger partial charge on any atom is -0.355 e. The van der Waals surface area contributed by atoms with E-state index in [0.717, 1.165) is 10.8 Å². The first-order valence-corrected chi connectivity index (χ1v) is 3.58. The third kappa shape index (κ3) is 1.51. The summed E-state index contributed by atoms with van der Waals surface area (Å²) < 4.78 is 0.838. The predicted molar refractivity (Wildman–Crippen MR) is 45.7 cm³/mol. The number of hydrogen-bond donors (Lipinski definition) is 2. The molecule has 1 heterocycles. The average Bonchev–Trinajstić information content (AvgIpc) is 2.13. The van der Waals surface area contributed by atoms with Gasteiger partial charge >= 0.3 is 5.69 Å². The Morgan fingerprint density at radius 1 is 1.54 bits per heavy atom. The first-order valence-electron chi connectivity index (χ1n) is 3.58. The summed E-state index contributed by atoms with van der Waals surface area (Å²) in [4.78, 5) is 35.5. The average molecular weight is 183 g/mol. The van der Waals surface area contributed by atoms with Gasteiger partial charge < -0.3 is 10.3 Å². The summed E-state index contributed by atoms with van der Waals surface area (Å²) in [5.41, 5.74) is -1.23. The van der Waals surface area contributed by atoms with E-state index >= 15 is 0 Å². The van der Waals surface area contributed by atoms with E-state index in [0.29, 0.717) is 0 Å². The summed E-state index contributed by atoms with van der Waals surface area (Å²) in [5.74, 6) is -0.517. The minimum atomic E-state index is -0.608. The first kappa shape index (κ1) is 9.24. The summed E-state index contributed by atoms with van der Waals surface area (Å²) in [6.07, 6.45) is 1.10. The Morgan fingerprint density at radius 2 is 2.15 bits per heavy atom. The van der Waals surface area contributed by atoms with Gasteiger partial charge in [0.1, 0.15) is 5.56 Å². The van der Waals surface area contributed by atoms with Crippen molar-refractivity contribution < 1.29 is 4.79 Å². The van der Waals surface area contributed by atoms with Crippen LogP contribution in [0.25, 0.3) is 0 Å². The van der Waals surface area contributed by atoms with E-state index in [4.69, 9.17) is 0 Å². The lowest BCUT2D eigenvalue weighted by Crippen LogP contribution is -2.38. The molecule has 6 heteroatoms. The highest BCUT2D eigenvalue weighted by atomic mass is 16.2. The molecule has 0 unspecified atom stereocenters. The molecule has 0 aliphatic carbocycles. The van der Waals surface area contributed by atoms with E-state index in [1.165, 1.54) is 14.1 Å². The fourth-order valence-corrected chi connectivity index (χ4v) is 0.863. The van der Waals surface area contributed by atoms with Crippen LogP contribution in [-0.2, 0) is 7.05 Å².